The normalized spacial score (nSPS) is 11.3. The maximum atomic E-state index is 13.1. The molecule has 0 saturated heterocycles. The molecule has 0 spiro atoms. The molecule has 25 heavy (non-hydrogen) atoms. The zero-order chi connectivity index (χ0) is 17.2. The predicted molar refractivity (Wildman–Crippen MR) is 92.3 cm³/mol. The molecule has 0 fully saturated rings. The van der Waals surface area contributed by atoms with Gasteiger partial charge in [-0.3, -0.25) is 4.68 Å². The molecule has 1 aromatic carbocycles. The average Bonchev–Trinajstić information content (AvgIpc) is 3.24. The second kappa shape index (κ2) is 6.43. The molecule has 0 radical (unpaired) electrons. The first-order valence-electron chi connectivity index (χ1n) is 8.20. The van der Waals surface area contributed by atoms with Crippen molar-refractivity contribution in [1.29, 1.82) is 0 Å². The van der Waals surface area contributed by atoms with Crippen LogP contribution in [0.3, 0.4) is 0 Å². The van der Waals surface area contributed by atoms with E-state index in [1.165, 1.54) is 12.1 Å². The Balaban J connectivity index is 1.68. The van der Waals surface area contributed by atoms with Crippen LogP contribution in [-0.2, 0) is 13.1 Å². The molecule has 0 atom stereocenters. The lowest BCUT2D eigenvalue weighted by atomic mass is 10.2. The van der Waals surface area contributed by atoms with Crippen LogP contribution in [0.4, 0.5) is 4.39 Å². The summed E-state index contributed by atoms with van der Waals surface area (Å²) in [7, 11) is 0. The van der Waals surface area contributed by atoms with E-state index in [1.807, 2.05) is 29.2 Å². The summed E-state index contributed by atoms with van der Waals surface area (Å²) in [4.78, 5) is 4.70. The van der Waals surface area contributed by atoms with Crippen molar-refractivity contribution in [2.24, 2.45) is 0 Å². The Morgan fingerprint density at radius 1 is 1.08 bits per heavy atom. The molecule has 0 aliphatic heterocycles. The number of rotatable bonds is 5. The fraction of sp³-hybridized carbons (Fsp3) is 0.222. The number of aromatic nitrogens is 6. The second-order valence-corrected chi connectivity index (χ2v) is 5.90. The summed E-state index contributed by atoms with van der Waals surface area (Å²) in [6, 6.07) is 10.2. The molecule has 126 valence electrons. The van der Waals surface area contributed by atoms with Gasteiger partial charge in [-0.2, -0.15) is 5.10 Å². The van der Waals surface area contributed by atoms with Gasteiger partial charge in [0.05, 0.1) is 18.4 Å². The number of nitrogens with zero attached hydrogens (tertiary/aromatic N) is 6. The second-order valence-electron chi connectivity index (χ2n) is 5.90. The third-order valence-corrected chi connectivity index (χ3v) is 3.99. The Morgan fingerprint density at radius 2 is 1.92 bits per heavy atom. The predicted octanol–water partition coefficient (Wildman–Crippen LogP) is 3.29. The molecule has 3 heterocycles. The number of hydrogen-bond acceptors (Lipinski definition) is 4. The first kappa shape index (κ1) is 15.4. The van der Waals surface area contributed by atoms with Gasteiger partial charge >= 0.3 is 0 Å². The fourth-order valence-corrected chi connectivity index (χ4v) is 2.73. The molecular formula is C18H17FN6. The standard InChI is InChI=1S/C18H17FN6/c1-2-9-24-12-14(10-20-24)16-7-8-17-18(21-16)25(23-22-17)11-13-3-5-15(19)6-4-13/h3-8,10,12H,2,9,11H2,1H3. The van der Waals surface area contributed by atoms with Crippen LogP contribution in [0.2, 0.25) is 0 Å². The number of halogens is 1. The van der Waals surface area contributed by atoms with Crippen LogP contribution in [0.25, 0.3) is 22.4 Å². The van der Waals surface area contributed by atoms with Crippen molar-refractivity contribution in [3.8, 4) is 11.3 Å². The van der Waals surface area contributed by atoms with E-state index in [0.29, 0.717) is 12.2 Å². The average molecular weight is 336 g/mol. The highest BCUT2D eigenvalue weighted by Gasteiger charge is 2.10. The van der Waals surface area contributed by atoms with E-state index in [1.54, 1.807) is 16.8 Å². The van der Waals surface area contributed by atoms with Crippen molar-refractivity contribution < 1.29 is 4.39 Å². The van der Waals surface area contributed by atoms with E-state index in [-0.39, 0.29) is 5.82 Å². The van der Waals surface area contributed by atoms with E-state index in [2.05, 4.69) is 22.3 Å². The summed E-state index contributed by atoms with van der Waals surface area (Å²) in [6.45, 7) is 3.49. The molecule has 6 nitrogen and oxygen atoms in total. The molecule has 0 unspecified atom stereocenters. The van der Waals surface area contributed by atoms with Crippen LogP contribution >= 0.6 is 0 Å². The third kappa shape index (κ3) is 3.13. The van der Waals surface area contributed by atoms with Crippen molar-refractivity contribution in [3.05, 3.63) is 60.2 Å². The summed E-state index contributed by atoms with van der Waals surface area (Å²) in [5, 5.41) is 12.7. The van der Waals surface area contributed by atoms with Gasteiger partial charge in [0.15, 0.2) is 5.65 Å². The quantitative estimate of drug-likeness (QED) is 0.561. The lowest BCUT2D eigenvalue weighted by Crippen LogP contribution is -2.03. The Morgan fingerprint density at radius 3 is 2.72 bits per heavy atom. The summed E-state index contributed by atoms with van der Waals surface area (Å²) < 4.78 is 16.7. The van der Waals surface area contributed by atoms with Gasteiger partial charge in [-0.15, -0.1) is 5.10 Å². The largest absolute Gasteiger partial charge is 0.272 e. The highest BCUT2D eigenvalue weighted by molar-refractivity contribution is 5.74. The number of aryl methyl sites for hydroxylation is 1. The molecule has 4 aromatic rings. The van der Waals surface area contributed by atoms with Gasteiger partial charge in [0.2, 0.25) is 0 Å². The van der Waals surface area contributed by atoms with E-state index >= 15 is 0 Å². The van der Waals surface area contributed by atoms with Crippen LogP contribution < -0.4 is 0 Å². The minimum absolute atomic E-state index is 0.253. The fourth-order valence-electron chi connectivity index (χ4n) is 2.73. The SMILES string of the molecule is CCCn1cc(-c2ccc3nnn(Cc4ccc(F)cc4)c3n2)cn1. The molecule has 0 bridgehead atoms. The third-order valence-electron chi connectivity index (χ3n) is 3.99. The molecule has 0 amide bonds. The summed E-state index contributed by atoms with van der Waals surface area (Å²) in [5.41, 5.74) is 4.16. The van der Waals surface area contributed by atoms with Gasteiger partial charge in [-0.25, -0.2) is 14.1 Å². The molecule has 4 rings (SSSR count). The summed E-state index contributed by atoms with van der Waals surface area (Å²) in [6.07, 6.45) is 4.84. The smallest absolute Gasteiger partial charge is 0.179 e. The minimum Gasteiger partial charge on any atom is -0.272 e. The van der Waals surface area contributed by atoms with Crippen molar-refractivity contribution in [1.82, 2.24) is 29.8 Å². The Hall–Kier alpha value is -3.09. The van der Waals surface area contributed by atoms with E-state index in [9.17, 15) is 4.39 Å². The van der Waals surface area contributed by atoms with Crippen molar-refractivity contribution in [3.63, 3.8) is 0 Å². The monoisotopic (exact) mass is 336 g/mol. The zero-order valence-corrected chi connectivity index (χ0v) is 13.8. The summed E-state index contributed by atoms with van der Waals surface area (Å²) >= 11 is 0. The Labute approximate surface area is 143 Å². The Bertz CT molecular complexity index is 1000. The van der Waals surface area contributed by atoms with Crippen LogP contribution in [0.15, 0.2) is 48.8 Å². The molecular weight excluding hydrogens is 319 g/mol. The summed E-state index contributed by atoms with van der Waals surface area (Å²) in [5.74, 6) is -0.253. The molecule has 0 N–H and O–H groups in total. The maximum absolute atomic E-state index is 13.1. The van der Waals surface area contributed by atoms with Crippen LogP contribution in [-0.4, -0.2) is 29.8 Å². The van der Waals surface area contributed by atoms with Crippen molar-refractivity contribution in [2.75, 3.05) is 0 Å². The van der Waals surface area contributed by atoms with Crippen LogP contribution in [0.5, 0.6) is 0 Å². The maximum Gasteiger partial charge on any atom is 0.179 e. The Kier molecular flexibility index (Phi) is 3.97. The molecule has 0 saturated carbocycles. The first-order chi connectivity index (χ1) is 12.2. The highest BCUT2D eigenvalue weighted by atomic mass is 19.1. The number of fused-ring (bicyclic) bond motifs is 1. The zero-order valence-electron chi connectivity index (χ0n) is 13.8. The molecule has 7 heteroatoms. The number of pyridine rings is 1. The molecule has 3 aromatic heterocycles. The number of hydrogen-bond donors (Lipinski definition) is 0. The van der Waals surface area contributed by atoms with Gasteiger partial charge < -0.3 is 0 Å². The molecule has 0 aliphatic carbocycles. The van der Waals surface area contributed by atoms with E-state index in [0.717, 1.165) is 35.3 Å². The topological polar surface area (TPSA) is 61.4 Å². The van der Waals surface area contributed by atoms with Gasteiger partial charge in [0, 0.05) is 18.3 Å². The van der Waals surface area contributed by atoms with Crippen LogP contribution in [0, 0.1) is 5.82 Å². The molecule has 0 aliphatic rings. The van der Waals surface area contributed by atoms with E-state index in [4.69, 9.17) is 4.98 Å². The van der Waals surface area contributed by atoms with Crippen molar-refractivity contribution >= 4 is 11.2 Å². The lowest BCUT2D eigenvalue weighted by Gasteiger charge is -2.03. The van der Waals surface area contributed by atoms with E-state index < -0.39 is 0 Å². The van der Waals surface area contributed by atoms with Gasteiger partial charge in [0.1, 0.15) is 11.3 Å². The van der Waals surface area contributed by atoms with Crippen LogP contribution in [0.1, 0.15) is 18.9 Å². The number of benzene rings is 1. The van der Waals surface area contributed by atoms with Gasteiger partial charge in [-0.1, -0.05) is 24.3 Å². The first-order valence-corrected chi connectivity index (χ1v) is 8.20. The van der Waals surface area contributed by atoms with Gasteiger partial charge in [0.25, 0.3) is 0 Å². The lowest BCUT2D eigenvalue weighted by molar-refractivity contribution is 0.603. The van der Waals surface area contributed by atoms with Crippen molar-refractivity contribution in [2.45, 2.75) is 26.4 Å². The highest BCUT2D eigenvalue weighted by Crippen LogP contribution is 2.20. The minimum atomic E-state index is -0.253. The van der Waals surface area contributed by atoms with Gasteiger partial charge in [-0.05, 0) is 36.2 Å².